The third kappa shape index (κ3) is 3.53. The van der Waals surface area contributed by atoms with Crippen molar-refractivity contribution in [1.29, 1.82) is 5.26 Å². The monoisotopic (exact) mass is 407 g/mol. The van der Waals surface area contributed by atoms with Gasteiger partial charge in [-0.1, -0.05) is 18.2 Å². The molecule has 0 aromatic heterocycles. The Bertz CT molecular complexity index is 1040. The maximum absolute atomic E-state index is 12.7. The van der Waals surface area contributed by atoms with Gasteiger partial charge in [0, 0.05) is 14.1 Å². The first-order valence-electron chi connectivity index (χ1n) is 9.06. The molecule has 1 aliphatic heterocycles. The zero-order chi connectivity index (χ0) is 21.8. The largest absolute Gasteiger partial charge is 0.493 e. The second-order valence-electron chi connectivity index (χ2n) is 6.46. The van der Waals surface area contributed by atoms with Crippen molar-refractivity contribution in [2.75, 3.05) is 44.7 Å². The van der Waals surface area contributed by atoms with Gasteiger partial charge in [0.05, 0.1) is 25.6 Å². The van der Waals surface area contributed by atoms with E-state index in [1.807, 2.05) is 30.3 Å². The maximum atomic E-state index is 12.7. The van der Waals surface area contributed by atoms with Crippen molar-refractivity contribution >= 4 is 23.1 Å². The fourth-order valence-corrected chi connectivity index (χ4v) is 3.39. The van der Waals surface area contributed by atoms with E-state index in [1.165, 1.54) is 20.3 Å². The molecule has 1 aliphatic rings. The fourth-order valence-electron chi connectivity index (χ4n) is 3.39. The van der Waals surface area contributed by atoms with E-state index in [4.69, 9.17) is 14.2 Å². The fraction of sp³-hybridized carbons (Fsp3) is 0.227. The minimum Gasteiger partial charge on any atom is -0.493 e. The number of nitrogens with zero attached hydrogens (tertiary/aromatic N) is 3. The summed E-state index contributed by atoms with van der Waals surface area (Å²) in [5.41, 5.74) is 1.77. The van der Waals surface area contributed by atoms with Crippen molar-refractivity contribution in [2.24, 2.45) is 0 Å². The number of rotatable bonds is 6. The Kier molecular flexibility index (Phi) is 5.93. The quantitative estimate of drug-likeness (QED) is 0.410. The molecule has 0 fully saturated rings. The van der Waals surface area contributed by atoms with Crippen LogP contribution in [0.25, 0.3) is 0 Å². The van der Waals surface area contributed by atoms with Crippen LogP contribution in [0, 0.1) is 11.3 Å². The highest BCUT2D eigenvalue weighted by molar-refractivity contribution is 6.04. The van der Waals surface area contributed by atoms with Crippen LogP contribution in [0.1, 0.15) is 10.4 Å². The number of Topliss-reactive ketones (excluding diaryl/α,β-unsaturated/α-hetero) is 1. The van der Waals surface area contributed by atoms with Crippen LogP contribution < -0.4 is 19.3 Å². The molecule has 154 valence electrons. The molecule has 0 saturated heterocycles. The van der Waals surface area contributed by atoms with Crippen LogP contribution in [0.3, 0.4) is 0 Å². The third-order valence-electron chi connectivity index (χ3n) is 4.81. The van der Waals surface area contributed by atoms with Crippen LogP contribution in [0.15, 0.2) is 53.9 Å². The molecule has 30 heavy (non-hydrogen) atoms. The molecular formula is C22H21N3O5. The normalized spacial score (nSPS) is 12.2. The van der Waals surface area contributed by atoms with E-state index in [1.54, 1.807) is 36.0 Å². The van der Waals surface area contributed by atoms with Crippen LogP contribution in [-0.2, 0) is 9.53 Å². The first-order valence-corrected chi connectivity index (χ1v) is 9.06. The van der Waals surface area contributed by atoms with Gasteiger partial charge in [0.2, 0.25) is 5.78 Å². The zero-order valence-corrected chi connectivity index (χ0v) is 17.1. The van der Waals surface area contributed by atoms with Gasteiger partial charge in [0.25, 0.3) is 0 Å². The maximum Gasteiger partial charge on any atom is 0.342 e. The van der Waals surface area contributed by atoms with Gasteiger partial charge in [-0.05, 0) is 24.3 Å². The van der Waals surface area contributed by atoms with Gasteiger partial charge in [-0.3, -0.25) is 4.79 Å². The minimum absolute atomic E-state index is 0.0957. The van der Waals surface area contributed by atoms with E-state index in [2.05, 4.69) is 0 Å². The lowest BCUT2D eigenvalue weighted by molar-refractivity contribution is -0.118. The number of methoxy groups -OCH3 is 2. The third-order valence-corrected chi connectivity index (χ3v) is 4.81. The molecule has 8 heteroatoms. The molecule has 0 amide bonds. The minimum atomic E-state index is -0.752. The van der Waals surface area contributed by atoms with Gasteiger partial charge in [0.15, 0.2) is 18.1 Å². The van der Waals surface area contributed by atoms with Crippen LogP contribution in [0.5, 0.6) is 11.5 Å². The standard InChI is InChI=1S/C22H21N3O5/c1-24-16-9-5-6-10-17(16)25(2)21(24)15(12-23)18(26)13-30-22(27)14-8-7-11-19(28-3)20(14)29-4/h5-11H,13H2,1-4H3. The summed E-state index contributed by atoms with van der Waals surface area (Å²) >= 11 is 0. The summed E-state index contributed by atoms with van der Waals surface area (Å²) in [6.45, 7) is -0.580. The topological polar surface area (TPSA) is 92.1 Å². The molecule has 2 aromatic carbocycles. The van der Waals surface area contributed by atoms with E-state index in [-0.39, 0.29) is 16.9 Å². The molecule has 0 unspecified atom stereocenters. The Morgan fingerprint density at radius 1 is 0.967 bits per heavy atom. The molecule has 0 aliphatic carbocycles. The molecule has 0 atom stereocenters. The van der Waals surface area contributed by atoms with Crippen molar-refractivity contribution < 1.29 is 23.8 Å². The first kappa shape index (κ1) is 20.7. The predicted molar refractivity (Wildman–Crippen MR) is 111 cm³/mol. The summed E-state index contributed by atoms with van der Waals surface area (Å²) in [4.78, 5) is 28.8. The van der Waals surface area contributed by atoms with Crippen LogP contribution in [0.4, 0.5) is 11.4 Å². The highest BCUT2D eigenvalue weighted by atomic mass is 16.5. The average Bonchev–Trinajstić information content (AvgIpc) is 3.02. The van der Waals surface area contributed by atoms with Gasteiger partial charge >= 0.3 is 5.97 Å². The van der Waals surface area contributed by atoms with Crippen molar-refractivity contribution in [2.45, 2.75) is 0 Å². The number of anilines is 2. The number of nitriles is 1. The van der Waals surface area contributed by atoms with Crippen molar-refractivity contribution in [3.63, 3.8) is 0 Å². The summed E-state index contributed by atoms with van der Waals surface area (Å²) in [6.07, 6.45) is 0. The van der Waals surface area contributed by atoms with Crippen LogP contribution >= 0.6 is 0 Å². The summed E-state index contributed by atoms with van der Waals surface area (Å²) in [6, 6.07) is 14.3. The number of carbonyl (C=O) groups excluding carboxylic acids is 2. The Labute approximate surface area is 174 Å². The number of fused-ring (bicyclic) bond motifs is 1. The molecule has 3 rings (SSSR count). The number of hydrogen-bond donors (Lipinski definition) is 0. The first-order chi connectivity index (χ1) is 14.4. The highest BCUT2D eigenvalue weighted by Gasteiger charge is 2.31. The molecule has 0 bridgehead atoms. The lowest BCUT2D eigenvalue weighted by Crippen LogP contribution is -2.28. The summed E-state index contributed by atoms with van der Waals surface area (Å²) in [7, 11) is 6.40. The van der Waals surface area contributed by atoms with Crippen molar-refractivity contribution in [1.82, 2.24) is 0 Å². The van der Waals surface area contributed by atoms with Gasteiger partial charge in [-0.15, -0.1) is 0 Å². The van der Waals surface area contributed by atoms with E-state index in [9.17, 15) is 14.9 Å². The Morgan fingerprint density at radius 3 is 2.13 bits per heavy atom. The van der Waals surface area contributed by atoms with Crippen LogP contribution in [0.2, 0.25) is 0 Å². The molecule has 0 N–H and O–H groups in total. The van der Waals surface area contributed by atoms with Gasteiger partial charge in [-0.25, -0.2) is 4.79 Å². The zero-order valence-electron chi connectivity index (χ0n) is 17.1. The lowest BCUT2D eigenvalue weighted by atomic mass is 10.1. The molecule has 0 spiro atoms. The number of para-hydroxylation sites is 3. The molecule has 1 heterocycles. The summed E-state index contributed by atoms with van der Waals surface area (Å²) in [5, 5.41) is 9.65. The second-order valence-corrected chi connectivity index (χ2v) is 6.46. The van der Waals surface area contributed by atoms with Crippen LogP contribution in [-0.4, -0.2) is 46.7 Å². The number of ketones is 1. The molecule has 8 nitrogen and oxygen atoms in total. The Balaban J connectivity index is 1.82. The number of esters is 1. The van der Waals surface area contributed by atoms with E-state index in [0.29, 0.717) is 11.6 Å². The molecule has 0 radical (unpaired) electrons. The highest BCUT2D eigenvalue weighted by Crippen LogP contribution is 2.40. The number of benzene rings is 2. The smallest absolute Gasteiger partial charge is 0.342 e. The second kappa shape index (κ2) is 8.57. The summed E-state index contributed by atoms with van der Waals surface area (Å²) < 4.78 is 15.6. The van der Waals surface area contributed by atoms with Gasteiger partial charge in [-0.2, -0.15) is 5.26 Å². The summed E-state index contributed by atoms with van der Waals surface area (Å²) in [5.74, 6) is -0.349. The molecular weight excluding hydrogens is 386 g/mol. The Hall–Kier alpha value is -3.99. The lowest BCUT2D eigenvalue weighted by Gasteiger charge is -2.20. The average molecular weight is 407 g/mol. The predicted octanol–water partition coefficient (Wildman–Crippen LogP) is 2.75. The molecule has 2 aromatic rings. The molecule has 0 saturated carbocycles. The number of hydrogen-bond acceptors (Lipinski definition) is 8. The SMILES string of the molecule is COc1cccc(C(=O)OCC(=O)C(C#N)=C2N(C)c3ccccc3N2C)c1OC. The van der Waals surface area contributed by atoms with Gasteiger partial charge < -0.3 is 24.0 Å². The van der Waals surface area contributed by atoms with E-state index < -0.39 is 18.4 Å². The van der Waals surface area contributed by atoms with E-state index in [0.717, 1.165) is 11.4 Å². The van der Waals surface area contributed by atoms with Gasteiger partial charge in [0.1, 0.15) is 23.0 Å². The number of ether oxygens (including phenoxy) is 3. The van der Waals surface area contributed by atoms with Crippen molar-refractivity contribution in [3.8, 4) is 17.6 Å². The Morgan fingerprint density at radius 2 is 1.60 bits per heavy atom. The van der Waals surface area contributed by atoms with Crippen molar-refractivity contribution in [3.05, 3.63) is 59.4 Å². The number of carbonyl (C=O) groups is 2. The van der Waals surface area contributed by atoms with E-state index >= 15 is 0 Å².